The number of ketones is 1. The van der Waals surface area contributed by atoms with Crippen LogP contribution in [0, 0.1) is 23.2 Å². The molecule has 0 amide bonds. The molecular weight excluding hydrogens is 270 g/mol. The Balaban J connectivity index is 2.10. The van der Waals surface area contributed by atoms with Crippen LogP contribution in [0.2, 0.25) is 0 Å². The lowest BCUT2D eigenvalue weighted by atomic mass is 9.63. The molecule has 2 heteroatoms. The third-order valence-electron chi connectivity index (χ3n) is 6.61. The third kappa shape index (κ3) is 3.58. The lowest BCUT2D eigenvalue weighted by Gasteiger charge is -2.44. The van der Waals surface area contributed by atoms with Gasteiger partial charge in [0.15, 0.2) is 5.78 Å². The molecule has 2 rings (SSSR count). The van der Waals surface area contributed by atoms with Crippen molar-refractivity contribution in [1.82, 2.24) is 5.32 Å². The van der Waals surface area contributed by atoms with Crippen molar-refractivity contribution in [3.05, 3.63) is 0 Å². The van der Waals surface area contributed by atoms with Gasteiger partial charge < -0.3 is 5.32 Å². The van der Waals surface area contributed by atoms with Crippen molar-refractivity contribution in [3.8, 4) is 0 Å². The molecule has 1 atom stereocenters. The van der Waals surface area contributed by atoms with Gasteiger partial charge in [-0.1, -0.05) is 47.0 Å². The Morgan fingerprint density at radius 1 is 0.909 bits per heavy atom. The Morgan fingerprint density at radius 2 is 1.41 bits per heavy atom. The summed E-state index contributed by atoms with van der Waals surface area (Å²) in [5.41, 5.74) is -0.108. The zero-order valence-corrected chi connectivity index (χ0v) is 15.7. The normalized spacial score (nSPS) is 22.9. The number of nitrogens with one attached hydrogen (secondary N) is 1. The van der Waals surface area contributed by atoms with Gasteiger partial charge in [0.1, 0.15) is 0 Å². The number of carbonyl (C=O) groups is 1. The Kier molecular flexibility index (Phi) is 5.42. The maximum atomic E-state index is 13.3. The van der Waals surface area contributed by atoms with E-state index in [1.807, 2.05) is 0 Å². The molecule has 0 heterocycles. The van der Waals surface area contributed by atoms with Gasteiger partial charge in [-0.15, -0.1) is 0 Å². The highest BCUT2D eigenvalue weighted by atomic mass is 16.1. The van der Waals surface area contributed by atoms with Crippen LogP contribution in [-0.2, 0) is 4.79 Å². The van der Waals surface area contributed by atoms with E-state index >= 15 is 0 Å². The van der Waals surface area contributed by atoms with Crippen LogP contribution < -0.4 is 5.32 Å². The smallest absolute Gasteiger partial charge is 0.155 e. The van der Waals surface area contributed by atoms with Crippen molar-refractivity contribution >= 4 is 5.78 Å². The van der Waals surface area contributed by atoms with E-state index in [0.717, 1.165) is 0 Å². The van der Waals surface area contributed by atoms with Gasteiger partial charge in [-0.2, -0.15) is 0 Å². The van der Waals surface area contributed by atoms with E-state index in [1.165, 1.54) is 44.9 Å². The molecule has 2 nitrogen and oxygen atoms in total. The second kappa shape index (κ2) is 6.63. The maximum Gasteiger partial charge on any atom is 0.155 e. The first-order valence-electron chi connectivity index (χ1n) is 9.48. The van der Waals surface area contributed by atoms with E-state index in [9.17, 15) is 4.79 Å². The van der Waals surface area contributed by atoms with Crippen molar-refractivity contribution in [3.63, 3.8) is 0 Å². The highest BCUT2D eigenvalue weighted by molar-refractivity contribution is 5.89. The fraction of sp³-hybridized carbons (Fsp3) is 0.950. The fourth-order valence-electron chi connectivity index (χ4n) is 4.43. The number of hydrogen-bond donors (Lipinski definition) is 1. The van der Waals surface area contributed by atoms with Crippen LogP contribution in [0.1, 0.15) is 86.5 Å². The average molecular weight is 308 g/mol. The van der Waals surface area contributed by atoms with Crippen LogP contribution in [0.5, 0.6) is 0 Å². The minimum absolute atomic E-state index is 0.00815. The number of Topliss-reactive ketones (excluding diaryl/α,β-unsaturated/α-hetero) is 1. The van der Waals surface area contributed by atoms with Gasteiger partial charge in [0.05, 0.1) is 6.04 Å². The highest BCUT2D eigenvalue weighted by Gasteiger charge is 2.45. The molecule has 1 unspecified atom stereocenters. The minimum Gasteiger partial charge on any atom is -0.302 e. The summed E-state index contributed by atoms with van der Waals surface area (Å²) in [6.07, 6.45) is 9.09. The Morgan fingerprint density at radius 3 is 1.82 bits per heavy atom. The van der Waals surface area contributed by atoms with Gasteiger partial charge in [-0.05, 0) is 57.3 Å². The number of carbonyl (C=O) groups excluding carboxylic acids is 1. The molecule has 2 saturated carbocycles. The molecule has 2 aliphatic rings. The van der Waals surface area contributed by atoms with Crippen molar-refractivity contribution in [2.75, 3.05) is 0 Å². The molecule has 0 aromatic heterocycles. The Hall–Kier alpha value is -0.370. The summed E-state index contributed by atoms with van der Waals surface area (Å²) in [6, 6.07) is -0.00815. The zero-order chi connectivity index (χ0) is 16.5. The second-order valence-electron chi connectivity index (χ2n) is 9.28. The van der Waals surface area contributed by atoms with E-state index < -0.39 is 0 Å². The molecule has 2 aliphatic carbocycles. The lowest BCUT2D eigenvalue weighted by Crippen LogP contribution is -2.58. The summed E-state index contributed by atoms with van der Waals surface area (Å²) in [7, 11) is 0. The van der Waals surface area contributed by atoms with Crippen LogP contribution in [0.3, 0.4) is 0 Å². The van der Waals surface area contributed by atoms with E-state index in [0.29, 0.717) is 23.5 Å². The summed E-state index contributed by atoms with van der Waals surface area (Å²) in [5, 5.41) is 3.79. The van der Waals surface area contributed by atoms with Gasteiger partial charge in [0.2, 0.25) is 0 Å². The molecule has 0 radical (unpaired) electrons. The van der Waals surface area contributed by atoms with Gasteiger partial charge >= 0.3 is 0 Å². The molecular formula is C20H37NO. The highest BCUT2D eigenvalue weighted by Crippen LogP contribution is 2.44. The van der Waals surface area contributed by atoms with Crippen LogP contribution in [0.15, 0.2) is 0 Å². The zero-order valence-electron chi connectivity index (χ0n) is 15.7. The van der Waals surface area contributed by atoms with E-state index in [1.54, 1.807) is 0 Å². The summed E-state index contributed by atoms with van der Waals surface area (Å²) in [5.74, 6) is 2.11. The first kappa shape index (κ1) is 18.0. The van der Waals surface area contributed by atoms with Crippen LogP contribution in [0.4, 0.5) is 0 Å². The molecule has 0 aliphatic heterocycles. The van der Waals surface area contributed by atoms with Crippen molar-refractivity contribution in [1.29, 1.82) is 0 Å². The maximum absolute atomic E-state index is 13.3. The van der Waals surface area contributed by atoms with E-state index in [-0.39, 0.29) is 17.0 Å². The second-order valence-corrected chi connectivity index (χ2v) is 9.28. The van der Waals surface area contributed by atoms with Crippen molar-refractivity contribution < 1.29 is 4.79 Å². The van der Waals surface area contributed by atoms with E-state index in [2.05, 4.69) is 46.9 Å². The van der Waals surface area contributed by atoms with Crippen molar-refractivity contribution in [2.24, 2.45) is 23.2 Å². The van der Waals surface area contributed by atoms with Crippen molar-refractivity contribution in [2.45, 2.75) is 98.1 Å². The summed E-state index contributed by atoms with van der Waals surface area (Å²) < 4.78 is 0. The largest absolute Gasteiger partial charge is 0.302 e. The number of rotatable bonds is 7. The lowest BCUT2D eigenvalue weighted by molar-refractivity contribution is -0.135. The molecule has 0 bridgehead atoms. The molecule has 128 valence electrons. The Bertz CT molecular complexity index is 387. The molecule has 0 saturated heterocycles. The fourth-order valence-corrected chi connectivity index (χ4v) is 4.43. The molecule has 0 spiro atoms. The summed E-state index contributed by atoms with van der Waals surface area (Å²) >= 11 is 0. The standard InChI is InChI=1S/C20H37NO/c1-14(2)17(18(22)19(3,4)15-12-9-13-15)21-20(5,6)16-10-7-8-11-16/h14-17,21H,7-13H2,1-6H3. The summed E-state index contributed by atoms with van der Waals surface area (Å²) in [4.78, 5) is 13.3. The predicted molar refractivity (Wildman–Crippen MR) is 93.9 cm³/mol. The van der Waals surface area contributed by atoms with Crippen LogP contribution in [-0.4, -0.2) is 17.4 Å². The summed E-state index contributed by atoms with van der Waals surface area (Å²) in [6.45, 7) is 13.4. The minimum atomic E-state index is -0.175. The van der Waals surface area contributed by atoms with E-state index in [4.69, 9.17) is 0 Å². The first-order chi connectivity index (χ1) is 10.2. The SMILES string of the molecule is CC(C)C(NC(C)(C)C1CCCC1)C(=O)C(C)(C)C1CCC1. The quantitative estimate of drug-likeness (QED) is 0.720. The van der Waals surface area contributed by atoms with Gasteiger partial charge in [-0.25, -0.2) is 0 Å². The van der Waals surface area contributed by atoms with Gasteiger partial charge in [0, 0.05) is 11.0 Å². The van der Waals surface area contributed by atoms with Crippen LogP contribution >= 0.6 is 0 Å². The number of hydrogen-bond acceptors (Lipinski definition) is 2. The molecule has 0 aromatic rings. The Labute approximate surface area is 137 Å². The molecule has 2 fully saturated rings. The topological polar surface area (TPSA) is 29.1 Å². The molecule has 0 aromatic carbocycles. The average Bonchev–Trinajstić information content (AvgIpc) is 2.86. The van der Waals surface area contributed by atoms with Crippen LogP contribution in [0.25, 0.3) is 0 Å². The molecule has 1 N–H and O–H groups in total. The van der Waals surface area contributed by atoms with Gasteiger partial charge in [0.25, 0.3) is 0 Å². The third-order valence-corrected chi connectivity index (χ3v) is 6.61. The predicted octanol–water partition coefficient (Wildman–Crippen LogP) is 4.96. The first-order valence-corrected chi connectivity index (χ1v) is 9.48. The van der Waals surface area contributed by atoms with Gasteiger partial charge in [-0.3, -0.25) is 4.79 Å². The molecule has 22 heavy (non-hydrogen) atoms. The monoisotopic (exact) mass is 307 g/mol.